The van der Waals surface area contributed by atoms with Crippen LogP contribution in [0.15, 0.2) is 30.3 Å². The molecule has 2 aromatic carbocycles. The lowest BCUT2D eigenvalue weighted by Gasteiger charge is -2.40. The van der Waals surface area contributed by atoms with Gasteiger partial charge in [-0.25, -0.2) is 0 Å². The van der Waals surface area contributed by atoms with Crippen molar-refractivity contribution in [3.8, 4) is 28.7 Å². The molecule has 33 heavy (non-hydrogen) atoms. The molecule has 0 aliphatic carbocycles. The molecule has 10 nitrogen and oxygen atoms in total. The highest BCUT2D eigenvalue weighted by Gasteiger charge is 2.45. The largest absolute Gasteiger partial charge is 0.508 e. The summed E-state index contributed by atoms with van der Waals surface area (Å²) in [6, 6.07) is 8.35. The van der Waals surface area contributed by atoms with Crippen molar-refractivity contribution < 1.29 is 49.2 Å². The summed E-state index contributed by atoms with van der Waals surface area (Å²) in [5.41, 5.74) is 1.53. The zero-order chi connectivity index (χ0) is 23.7. The minimum atomic E-state index is -1.57. The first-order valence-electron chi connectivity index (χ1n) is 10.6. The van der Waals surface area contributed by atoms with Crippen LogP contribution in [0.4, 0.5) is 0 Å². The number of rotatable bonds is 6. The van der Waals surface area contributed by atoms with Gasteiger partial charge in [0.2, 0.25) is 6.29 Å². The lowest BCUT2D eigenvalue weighted by atomic mass is 9.96. The summed E-state index contributed by atoms with van der Waals surface area (Å²) in [7, 11) is 3.12. The molecule has 6 atom stereocenters. The Bertz CT molecular complexity index is 978. The van der Waals surface area contributed by atoms with Crippen LogP contribution in [0.5, 0.6) is 28.7 Å². The topological polar surface area (TPSA) is 147 Å². The van der Waals surface area contributed by atoms with Gasteiger partial charge in [-0.05, 0) is 30.5 Å². The highest BCUT2D eigenvalue weighted by molar-refractivity contribution is 5.52. The first-order chi connectivity index (χ1) is 15.9. The van der Waals surface area contributed by atoms with Gasteiger partial charge in [0.15, 0.2) is 11.5 Å². The maximum atomic E-state index is 10.3. The number of benzene rings is 2. The van der Waals surface area contributed by atoms with Crippen molar-refractivity contribution in [3.05, 3.63) is 41.5 Å². The van der Waals surface area contributed by atoms with E-state index in [-0.39, 0.29) is 17.6 Å². The Morgan fingerprint density at radius 2 is 1.70 bits per heavy atom. The third-order valence-corrected chi connectivity index (χ3v) is 5.95. The molecule has 0 spiro atoms. The Balaban J connectivity index is 1.57. The SMILES string of the molecule is COc1ccc([C@@H]2CCc3c(O[C@@H]4O[C@@H](CO)[C@H](O)[C@H](O)[C@@H]4O)cc(O)cc3O2)cc1OC. The average molecular weight is 464 g/mol. The first-order valence-corrected chi connectivity index (χ1v) is 10.6. The third-order valence-electron chi connectivity index (χ3n) is 5.95. The third kappa shape index (κ3) is 4.53. The van der Waals surface area contributed by atoms with Gasteiger partial charge >= 0.3 is 0 Å². The van der Waals surface area contributed by atoms with Gasteiger partial charge in [-0.2, -0.15) is 0 Å². The van der Waals surface area contributed by atoms with Gasteiger partial charge < -0.3 is 49.2 Å². The van der Waals surface area contributed by atoms with Crippen molar-refractivity contribution in [2.24, 2.45) is 0 Å². The van der Waals surface area contributed by atoms with Crippen LogP contribution >= 0.6 is 0 Å². The van der Waals surface area contributed by atoms with Crippen molar-refractivity contribution in [1.82, 2.24) is 0 Å². The fourth-order valence-corrected chi connectivity index (χ4v) is 4.13. The van der Waals surface area contributed by atoms with Gasteiger partial charge in [0.1, 0.15) is 47.8 Å². The van der Waals surface area contributed by atoms with Crippen molar-refractivity contribution in [1.29, 1.82) is 0 Å². The number of aromatic hydroxyl groups is 1. The number of aliphatic hydroxyl groups excluding tert-OH is 4. The van der Waals surface area contributed by atoms with Crippen LogP contribution in [-0.2, 0) is 11.2 Å². The number of phenolic OH excluding ortho intramolecular Hbond substituents is 1. The zero-order valence-electron chi connectivity index (χ0n) is 18.2. The van der Waals surface area contributed by atoms with Crippen molar-refractivity contribution >= 4 is 0 Å². The average Bonchev–Trinajstić information content (AvgIpc) is 2.83. The number of fused-ring (bicyclic) bond motifs is 1. The van der Waals surface area contributed by atoms with Crippen LogP contribution in [-0.4, -0.2) is 77.1 Å². The lowest BCUT2D eigenvalue weighted by Crippen LogP contribution is -2.60. The van der Waals surface area contributed by atoms with Gasteiger partial charge in [-0.1, -0.05) is 6.07 Å². The minimum Gasteiger partial charge on any atom is -0.508 e. The predicted octanol–water partition coefficient (Wildman–Crippen LogP) is 0.654. The predicted molar refractivity (Wildman–Crippen MR) is 114 cm³/mol. The summed E-state index contributed by atoms with van der Waals surface area (Å²) in [4.78, 5) is 0. The van der Waals surface area contributed by atoms with Crippen LogP contribution in [0.2, 0.25) is 0 Å². The second-order valence-electron chi connectivity index (χ2n) is 8.00. The van der Waals surface area contributed by atoms with Gasteiger partial charge in [0.05, 0.1) is 20.8 Å². The molecule has 0 radical (unpaired) electrons. The van der Waals surface area contributed by atoms with E-state index in [9.17, 15) is 25.5 Å². The van der Waals surface area contributed by atoms with E-state index in [0.29, 0.717) is 35.7 Å². The molecular weight excluding hydrogens is 436 g/mol. The van der Waals surface area contributed by atoms with Gasteiger partial charge in [0, 0.05) is 17.7 Å². The van der Waals surface area contributed by atoms with E-state index < -0.39 is 37.3 Å². The smallest absolute Gasteiger partial charge is 0.229 e. The summed E-state index contributed by atoms with van der Waals surface area (Å²) in [6.45, 7) is -0.570. The van der Waals surface area contributed by atoms with Crippen LogP contribution in [0, 0.1) is 0 Å². The van der Waals surface area contributed by atoms with Gasteiger partial charge in [-0.15, -0.1) is 0 Å². The summed E-state index contributed by atoms with van der Waals surface area (Å²) in [5, 5.41) is 49.9. The molecule has 0 unspecified atom stereocenters. The monoisotopic (exact) mass is 464 g/mol. The van der Waals surface area contributed by atoms with E-state index in [0.717, 1.165) is 5.56 Å². The Morgan fingerprint density at radius 1 is 0.939 bits per heavy atom. The highest BCUT2D eigenvalue weighted by Crippen LogP contribution is 2.44. The van der Waals surface area contributed by atoms with Crippen molar-refractivity contribution in [2.75, 3.05) is 20.8 Å². The number of ether oxygens (including phenoxy) is 5. The quantitative estimate of drug-likeness (QED) is 0.413. The van der Waals surface area contributed by atoms with Crippen molar-refractivity contribution in [2.45, 2.75) is 49.7 Å². The number of methoxy groups -OCH3 is 2. The number of hydrogen-bond donors (Lipinski definition) is 5. The molecule has 0 aromatic heterocycles. The lowest BCUT2D eigenvalue weighted by molar-refractivity contribution is -0.277. The maximum Gasteiger partial charge on any atom is 0.229 e. The zero-order valence-corrected chi connectivity index (χ0v) is 18.2. The van der Waals surface area contributed by atoms with E-state index in [4.69, 9.17) is 23.7 Å². The molecule has 0 bridgehead atoms. The van der Waals surface area contributed by atoms with Crippen LogP contribution in [0.3, 0.4) is 0 Å². The van der Waals surface area contributed by atoms with Crippen LogP contribution in [0.1, 0.15) is 23.7 Å². The van der Waals surface area contributed by atoms with Crippen LogP contribution in [0.25, 0.3) is 0 Å². The second kappa shape index (κ2) is 9.62. The summed E-state index contributed by atoms with van der Waals surface area (Å²) in [5.74, 6) is 1.67. The Hall–Kier alpha value is -2.76. The fourth-order valence-electron chi connectivity index (χ4n) is 4.13. The van der Waals surface area contributed by atoms with Crippen molar-refractivity contribution in [3.63, 3.8) is 0 Å². The molecule has 1 saturated heterocycles. The molecule has 1 fully saturated rings. The number of aliphatic hydroxyl groups is 4. The molecule has 2 aliphatic heterocycles. The molecule has 2 heterocycles. The Kier molecular flexibility index (Phi) is 6.82. The molecular formula is C23H28O10. The highest BCUT2D eigenvalue weighted by atomic mass is 16.7. The van der Waals surface area contributed by atoms with Crippen LogP contribution < -0.4 is 18.9 Å². The van der Waals surface area contributed by atoms with Gasteiger partial charge in [-0.3, -0.25) is 0 Å². The Labute approximate surface area is 190 Å². The Morgan fingerprint density at radius 3 is 2.39 bits per heavy atom. The molecule has 10 heteroatoms. The number of hydrogen-bond acceptors (Lipinski definition) is 10. The molecule has 0 saturated carbocycles. The molecule has 0 amide bonds. The molecule has 4 rings (SSSR count). The molecule has 5 N–H and O–H groups in total. The minimum absolute atomic E-state index is 0.124. The molecule has 2 aliphatic rings. The molecule has 180 valence electrons. The summed E-state index contributed by atoms with van der Waals surface area (Å²) in [6.07, 6.45) is -6.28. The van der Waals surface area contributed by atoms with E-state index in [1.165, 1.54) is 12.1 Å². The second-order valence-corrected chi connectivity index (χ2v) is 8.00. The van der Waals surface area contributed by atoms with Gasteiger partial charge in [0.25, 0.3) is 0 Å². The molecule has 2 aromatic rings. The summed E-state index contributed by atoms with van der Waals surface area (Å²) < 4.78 is 28.0. The number of phenols is 1. The normalized spacial score (nSPS) is 29.0. The fraction of sp³-hybridized carbons (Fsp3) is 0.478. The van der Waals surface area contributed by atoms with E-state index in [1.807, 2.05) is 12.1 Å². The summed E-state index contributed by atoms with van der Waals surface area (Å²) >= 11 is 0. The maximum absolute atomic E-state index is 10.3. The van der Waals surface area contributed by atoms with E-state index >= 15 is 0 Å². The first kappa shape index (κ1) is 23.4. The van der Waals surface area contributed by atoms with E-state index in [1.54, 1.807) is 20.3 Å². The standard InChI is InChI=1S/C23H28O10/c1-29-15-5-3-11(7-18(15)30-2)14-6-4-13-16(31-14)8-12(25)9-17(13)32-23-22(28)21(27)20(26)19(10-24)33-23/h3,5,7-9,14,19-28H,4,6,10H2,1-2H3/t14-,19-,20-,21-,22-,23+/m0/s1. The van der Waals surface area contributed by atoms with E-state index in [2.05, 4.69) is 0 Å².